The first-order valence-corrected chi connectivity index (χ1v) is 8.45. The Labute approximate surface area is 116 Å². The van der Waals surface area contributed by atoms with Crippen LogP contribution in [0.1, 0.15) is 86.5 Å². The SMILES string of the molecule is CC.CC1CCC(CC2CCC(C(C)(C)C)C2)C1. The zero-order chi connectivity index (χ0) is 13.8. The predicted molar refractivity (Wildman–Crippen MR) is 82.8 cm³/mol. The van der Waals surface area contributed by atoms with Crippen molar-refractivity contribution >= 4 is 0 Å². The van der Waals surface area contributed by atoms with Gasteiger partial charge in [0.05, 0.1) is 0 Å². The summed E-state index contributed by atoms with van der Waals surface area (Å²) in [6, 6.07) is 0. The van der Waals surface area contributed by atoms with Gasteiger partial charge in [-0.15, -0.1) is 0 Å². The van der Waals surface area contributed by atoms with Crippen molar-refractivity contribution in [3.05, 3.63) is 0 Å². The van der Waals surface area contributed by atoms with Crippen molar-refractivity contribution in [2.24, 2.45) is 29.1 Å². The Balaban J connectivity index is 0.000000771. The minimum atomic E-state index is 0.553. The van der Waals surface area contributed by atoms with E-state index in [0.29, 0.717) is 5.41 Å². The lowest BCUT2D eigenvalue weighted by molar-refractivity contribution is 0.233. The first-order valence-electron chi connectivity index (χ1n) is 8.45. The molecule has 0 N–H and O–H groups in total. The Morgan fingerprint density at radius 1 is 0.833 bits per heavy atom. The minimum absolute atomic E-state index is 0.553. The molecule has 18 heavy (non-hydrogen) atoms. The quantitative estimate of drug-likeness (QED) is 0.541. The van der Waals surface area contributed by atoms with Crippen LogP contribution in [0.2, 0.25) is 0 Å². The molecular weight excluding hydrogens is 216 g/mol. The first kappa shape index (κ1) is 16.1. The van der Waals surface area contributed by atoms with Crippen molar-refractivity contribution in [2.75, 3.05) is 0 Å². The Morgan fingerprint density at radius 3 is 1.83 bits per heavy atom. The molecule has 0 aromatic rings. The average molecular weight is 252 g/mol. The molecule has 0 heteroatoms. The first-order chi connectivity index (χ1) is 8.45. The van der Waals surface area contributed by atoms with Crippen molar-refractivity contribution in [1.29, 1.82) is 0 Å². The molecule has 0 heterocycles. The van der Waals surface area contributed by atoms with Crippen molar-refractivity contribution < 1.29 is 0 Å². The highest BCUT2D eigenvalue weighted by Gasteiger charge is 2.34. The van der Waals surface area contributed by atoms with Crippen LogP contribution in [0.3, 0.4) is 0 Å². The van der Waals surface area contributed by atoms with Gasteiger partial charge in [-0.1, -0.05) is 60.8 Å². The highest BCUT2D eigenvalue weighted by molar-refractivity contribution is 4.85. The molecule has 0 spiro atoms. The second-order valence-electron chi connectivity index (χ2n) is 7.76. The summed E-state index contributed by atoms with van der Waals surface area (Å²) < 4.78 is 0. The Hall–Kier alpha value is 0. The molecule has 2 aliphatic rings. The summed E-state index contributed by atoms with van der Waals surface area (Å²) in [5.41, 5.74) is 0.553. The number of hydrogen-bond acceptors (Lipinski definition) is 0. The molecule has 2 fully saturated rings. The van der Waals surface area contributed by atoms with Gasteiger partial charge in [-0.25, -0.2) is 0 Å². The molecule has 108 valence electrons. The maximum Gasteiger partial charge on any atom is -0.0354 e. The molecule has 0 radical (unpaired) electrons. The summed E-state index contributed by atoms with van der Waals surface area (Å²) in [4.78, 5) is 0. The molecule has 2 aliphatic carbocycles. The van der Waals surface area contributed by atoms with E-state index in [1.165, 1.54) is 38.5 Å². The molecule has 4 unspecified atom stereocenters. The van der Waals surface area contributed by atoms with E-state index in [4.69, 9.17) is 0 Å². The normalized spacial score (nSPS) is 36.3. The van der Waals surface area contributed by atoms with Gasteiger partial charge in [0.15, 0.2) is 0 Å². The van der Waals surface area contributed by atoms with E-state index in [1.54, 1.807) is 6.42 Å². The predicted octanol–water partition coefficient (Wildman–Crippen LogP) is 6.30. The van der Waals surface area contributed by atoms with Gasteiger partial charge < -0.3 is 0 Å². The highest BCUT2D eigenvalue weighted by atomic mass is 14.4. The maximum absolute atomic E-state index is 2.44. The maximum atomic E-state index is 2.44. The van der Waals surface area contributed by atoms with E-state index < -0.39 is 0 Å². The molecule has 2 saturated carbocycles. The summed E-state index contributed by atoms with van der Waals surface area (Å²) >= 11 is 0. The van der Waals surface area contributed by atoms with Crippen LogP contribution in [-0.2, 0) is 0 Å². The van der Waals surface area contributed by atoms with Crippen molar-refractivity contribution in [3.63, 3.8) is 0 Å². The lowest BCUT2D eigenvalue weighted by Crippen LogP contribution is -2.17. The van der Waals surface area contributed by atoms with Crippen LogP contribution in [0.15, 0.2) is 0 Å². The highest BCUT2D eigenvalue weighted by Crippen LogP contribution is 2.46. The lowest BCUT2D eigenvalue weighted by Gasteiger charge is -2.27. The Bertz CT molecular complexity index is 223. The second-order valence-corrected chi connectivity index (χ2v) is 7.76. The van der Waals surface area contributed by atoms with Crippen LogP contribution in [-0.4, -0.2) is 0 Å². The molecule has 0 aromatic heterocycles. The van der Waals surface area contributed by atoms with E-state index in [9.17, 15) is 0 Å². The van der Waals surface area contributed by atoms with E-state index in [2.05, 4.69) is 27.7 Å². The van der Waals surface area contributed by atoms with Gasteiger partial charge in [0, 0.05) is 0 Å². The van der Waals surface area contributed by atoms with Gasteiger partial charge in [0.2, 0.25) is 0 Å². The largest absolute Gasteiger partial charge is 0.0683 e. The monoisotopic (exact) mass is 252 g/mol. The Morgan fingerprint density at radius 2 is 1.39 bits per heavy atom. The molecular formula is C18H36. The molecule has 0 aromatic carbocycles. The van der Waals surface area contributed by atoms with Crippen LogP contribution in [0.25, 0.3) is 0 Å². The van der Waals surface area contributed by atoms with Crippen LogP contribution >= 0.6 is 0 Å². The fourth-order valence-electron chi connectivity index (χ4n) is 4.09. The Kier molecular flexibility index (Phi) is 6.21. The van der Waals surface area contributed by atoms with Gasteiger partial charge in [-0.05, 0) is 54.8 Å². The number of hydrogen-bond donors (Lipinski definition) is 0. The van der Waals surface area contributed by atoms with E-state index in [-0.39, 0.29) is 0 Å². The smallest absolute Gasteiger partial charge is 0.0354 e. The molecule has 0 bridgehead atoms. The number of rotatable bonds is 2. The van der Waals surface area contributed by atoms with Crippen molar-refractivity contribution in [1.82, 2.24) is 0 Å². The summed E-state index contributed by atoms with van der Waals surface area (Å²) in [7, 11) is 0. The molecule has 2 rings (SSSR count). The van der Waals surface area contributed by atoms with Crippen LogP contribution in [0.4, 0.5) is 0 Å². The average Bonchev–Trinajstić information content (AvgIpc) is 2.91. The van der Waals surface area contributed by atoms with E-state index in [0.717, 1.165) is 23.7 Å². The lowest BCUT2D eigenvalue weighted by atomic mass is 9.79. The standard InChI is InChI=1S/C16H30.C2H6/c1-12-5-6-13(9-12)10-14-7-8-15(11-14)16(2,3)4;1-2/h12-15H,5-11H2,1-4H3;1-2H3. The fraction of sp³-hybridized carbons (Fsp3) is 1.00. The zero-order valence-corrected chi connectivity index (χ0v) is 13.8. The van der Waals surface area contributed by atoms with Crippen molar-refractivity contribution in [2.45, 2.75) is 86.5 Å². The molecule has 0 saturated heterocycles. The summed E-state index contributed by atoms with van der Waals surface area (Å²) in [6.45, 7) is 13.7. The molecule has 0 nitrogen and oxygen atoms in total. The molecule has 0 amide bonds. The van der Waals surface area contributed by atoms with Gasteiger partial charge in [-0.3, -0.25) is 0 Å². The van der Waals surface area contributed by atoms with Gasteiger partial charge in [0.1, 0.15) is 0 Å². The third-order valence-electron chi connectivity index (χ3n) is 5.24. The van der Waals surface area contributed by atoms with Crippen LogP contribution in [0.5, 0.6) is 0 Å². The van der Waals surface area contributed by atoms with Crippen molar-refractivity contribution in [3.8, 4) is 0 Å². The minimum Gasteiger partial charge on any atom is -0.0683 e. The van der Waals surface area contributed by atoms with Gasteiger partial charge in [0.25, 0.3) is 0 Å². The summed E-state index contributed by atoms with van der Waals surface area (Å²) in [5.74, 6) is 4.17. The third-order valence-corrected chi connectivity index (χ3v) is 5.24. The van der Waals surface area contributed by atoms with Gasteiger partial charge in [-0.2, -0.15) is 0 Å². The van der Waals surface area contributed by atoms with Gasteiger partial charge >= 0.3 is 0 Å². The van der Waals surface area contributed by atoms with Crippen LogP contribution < -0.4 is 0 Å². The molecule has 0 aliphatic heterocycles. The summed E-state index contributed by atoms with van der Waals surface area (Å²) in [5, 5.41) is 0. The zero-order valence-electron chi connectivity index (χ0n) is 13.8. The van der Waals surface area contributed by atoms with Crippen LogP contribution in [0, 0.1) is 29.1 Å². The third kappa shape index (κ3) is 4.59. The fourth-order valence-corrected chi connectivity index (χ4v) is 4.09. The summed E-state index contributed by atoms with van der Waals surface area (Å²) in [6.07, 6.45) is 10.6. The topological polar surface area (TPSA) is 0 Å². The van der Waals surface area contributed by atoms with E-state index >= 15 is 0 Å². The van der Waals surface area contributed by atoms with E-state index in [1.807, 2.05) is 13.8 Å². The molecule has 4 atom stereocenters. The second kappa shape index (κ2) is 6.96.